The number of rotatable bonds is 5. The lowest BCUT2D eigenvalue weighted by Gasteiger charge is -2.14. The van der Waals surface area contributed by atoms with Gasteiger partial charge in [-0.05, 0) is 29.7 Å². The first-order valence-electron chi connectivity index (χ1n) is 6.18. The highest BCUT2D eigenvalue weighted by atomic mass is 32.2. The fourth-order valence-corrected chi connectivity index (χ4v) is 3.15. The van der Waals surface area contributed by atoms with Crippen molar-refractivity contribution in [2.45, 2.75) is 55.5 Å². The molecule has 0 spiro atoms. The van der Waals surface area contributed by atoms with Crippen molar-refractivity contribution in [3.05, 3.63) is 0 Å². The number of nitrogens with zero attached hydrogens (tertiary/aromatic N) is 5. The second-order valence-corrected chi connectivity index (χ2v) is 5.55. The number of thioether (sulfide) groups is 1. The van der Waals surface area contributed by atoms with Crippen LogP contribution in [-0.2, 0) is 0 Å². The Morgan fingerprint density at radius 2 is 2.33 bits per heavy atom. The van der Waals surface area contributed by atoms with Gasteiger partial charge in [-0.25, -0.2) is 4.68 Å². The molecular formula is C10H18N6OS. The van der Waals surface area contributed by atoms with Crippen molar-refractivity contribution in [1.82, 2.24) is 20.2 Å². The van der Waals surface area contributed by atoms with Gasteiger partial charge in [-0.15, -0.1) is 5.10 Å². The Labute approximate surface area is 110 Å². The van der Waals surface area contributed by atoms with E-state index in [2.05, 4.69) is 20.7 Å². The highest BCUT2D eigenvalue weighted by molar-refractivity contribution is 8.00. The van der Waals surface area contributed by atoms with Crippen LogP contribution in [0.3, 0.4) is 0 Å². The molecule has 0 amide bonds. The molecule has 8 heteroatoms. The lowest BCUT2D eigenvalue weighted by molar-refractivity contribution is 0.317. The maximum atomic E-state index is 8.74. The molecule has 1 atom stereocenters. The van der Waals surface area contributed by atoms with Crippen molar-refractivity contribution in [3.63, 3.8) is 0 Å². The minimum Gasteiger partial charge on any atom is -0.409 e. The third-order valence-corrected chi connectivity index (χ3v) is 4.54. The molecule has 1 aromatic heterocycles. The van der Waals surface area contributed by atoms with Gasteiger partial charge >= 0.3 is 0 Å². The quantitative estimate of drug-likeness (QED) is 0.276. The maximum Gasteiger partial charge on any atom is 0.210 e. The molecule has 1 unspecified atom stereocenters. The summed E-state index contributed by atoms with van der Waals surface area (Å²) >= 11 is 1.45. The van der Waals surface area contributed by atoms with E-state index in [0.717, 1.165) is 24.4 Å². The SMILES string of the molecule is CCC(Sc1nnnn1C1CCCC1)C(N)=NO. The zero-order valence-corrected chi connectivity index (χ0v) is 11.2. The summed E-state index contributed by atoms with van der Waals surface area (Å²) in [6, 6.07) is 0.396. The van der Waals surface area contributed by atoms with E-state index in [-0.39, 0.29) is 11.1 Å². The molecule has 7 nitrogen and oxygen atoms in total. The van der Waals surface area contributed by atoms with Crippen LogP contribution < -0.4 is 5.73 Å². The first-order valence-corrected chi connectivity index (χ1v) is 7.06. The topological polar surface area (TPSA) is 102 Å². The summed E-state index contributed by atoms with van der Waals surface area (Å²) in [4.78, 5) is 0. The average Bonchev–Trinajstić information content (AvgIpc) is 3.05. The van der Waals surface area contributed by atoms with Crippen LogP contribution in [0.1, 0.15) is 45.1 Å². The lowest BCUT2D eigenvalue weighted by Crippen LogP contribution is -2.26. The van der Waals surface area contributed by atoms with Gasteiger partial charge in [-0.1, -0.05) is 36.7 Å². The zero-order chi connectivity index (χ0) is 13.0. The highest BCUT2D eigenvalue weighted by Crippen LogP contribution is 2.32. The molecule has 3 N–H and O–H groups in total. The molecular weight excluding hydrogens is 252 g/mol. The minimum atomic E-state index is -0.0962. The first kappa shape index (κ1) is 13.1. The Hall–Kier alpha value is -1.31. The molecule has 0 aliphatic heterocycles. The summed E-state index contributed by atoms with van der Waals surface area (Å²) in [5.41, 5.74) is 5.65. The maximum absolute atomic E-state index is 8.74. The van der Waals surface area contributed by atoms with Crippen LogP contribution in [0.2, 0.25) is 0 Å². The van der Waals surface area contributed by atoms with Gasteiger partial charge in [0.1, 0.15) is 0 Å². The number of hydrogen-bond donors (Lipinski definition) is 2. The van der Waals surface area contributed by atoms with E-state index in [1.165, 1.54) is 24.6 Å². The Morgan fingerprint density at radius 3 is 2.94 bits per heavy atom. The Balaban J connectivity index is 2.11. The molecule has 0 radical (unpaired) electrons. The van der Waals surface area contributed by atoms with Crippen molar-refractivity contribution in [1.29, 1.82) is 0 Å². The summed E-state index contributed by atoms with van der Waals surface area (Å²) in [5.74, 6) is 0.212. The van der Waals surface area contributed by atoms with Crippen LogP contribution in [0.5, 0.6) is 0 Å². The molecule has 1 heterocycles. The molecule has 100 valence electrons. The normalized spacial score (nSPS) is 19.3. The van der Waals surface area contributed by atoms with Crippen LogP contribution in [0.4, 0.5) is 0 Å². The third-order valence-electron chi connectivity index (χ3n) is 3.20. The number of hydrogen-bond acceptors (Lipinski definition) is 6. The van der Waals surface area contributed by atoms with Crippen molar-refractivity contribution >= 4 is 17.6 Å². The average molecular weight is 270 g/mol. The number of nitrogens with two attached hydrogens (primary N) is 1. The molecule has 2 rings (SSSR count). The van der Waals surface area contributed by atoms with Gasteiger partial charge in [0.15, 0.2) is 5.84 Å². The second kappa shape index (κ2) is 6.03. The van der Waals surface area contributed by atoms with Crippen LogP contribution >= 0.6 is 11.8 Å². The highest BCUT2D eigenvalue weighted by Gasteiger charge is 2.24. The van der Waals surface area contributed by atoms with Crippen molar-refractivity contribution in [3.8, 4) is 0 Å². The molecule has 1 saturated carbocycles. The molecule has 1 aromatic rings. The number of aromatic nitrogens is 4. The lowest BCUT2D eigenvalue weighted by atomic mass is 10.3. The van der Waals surface area contributed by atoms with Gasteiger partial charge in [0.05, 0.1) is 11.3 Å². The molecule has 1 aliphatic carbocycles. The Morgan fingerprint density at radius 1 is 1.61 bits per heavy atom. The number of oxime groups is 1. The van der Waals surface area contributed by atoms with Gasteiger partial charge in [0.2, 0.25) is 5.16 Å². The fourth-order valence-electron chi connectivity index (χ4n) is 2.19. The summed E-state index contributed by atoms with van der Waals surface area (Å²) < 4.78 is 1.88. The monoisotopic (exact) mass is 270 g/mol. The molecule has 1 fully saturated rings. The predicted octanol–water partition coefficient (Wildman–Crippen LogP) is 1.41. The standard InChI is InChI=1S/C10H18N6OS/c1-2-8(9(11)13-17)18-10-12-14-15-16(10)7-5-3-4-6-7/h7-8,17H,2-6H2,1H3,(H2,11,13). The van der Waals surface area contributed by atoms with Crippen LogP contribution in [0, 0.1) is 0 Å². The van der Waals surface area contributed by atoms with E-state index in [0.29, 0.717) is 6.04 Å². The van der Waals surface area contributed by atoms with Crippen molar-refractivity contribution in [2.75, 3.05) is 0 Å². The minimum absolute atomic E-state index is 0.0962. The predicted molar refractivity (Wildman–Crippen MR) is 68.7 cm³/mol. The van der Waals surface area contributed by atoms with Gasteiger partial charge in [-0.3, -0.25) is 0 Å². The smallest absolute Gasteiger partial charge is 0.210 e. The second-order valence-electron chi connectivity index (χ2n) is 4.38. The van der Waals surface area contributed by atoms with Crippen LogP contribution in [0.15, 0.2) is 10.3 Å². The van der Waals surface area contributed by atoms with E-state index in [9.17, 15) is 0 Å². The van der Waals surface area contributed by atoms with Gasteiger partial charge < -0.3 is 10.9 Å². The molecule has 0 saturated heterocycles. The van der Waals surface area contributed by atoms with E-state index in [1.54, 1.807) is 0 Å². The molecule has 0 aromatic carbocycles. The fraction of sp³-hybridized carbons (Fsp3) is 0.800. The first-order chi connectivity index (χ1) is 8.76. The van der Waals surface area contributed by atoms with Gasteiger partial charge in [0.25, 0.3) is 0 Å². The number of amidine groups is 1. The number of tetrazole rings is 1. The van der Waals surface area contributed by atoms with Crippen LogP contribution in [-0.4, -0.2) is 36.5 Å². The summed E-state index contributed by atoms with van der Waals surface area (Å²) in [6.45, 7) is 1.99. The molecule has 0 bridgehead atoms. The largest absolute Gasteiger partial charge is 0.409 e. The molecule has 1 aliphatic rings. The van der Waals surface area contributed by atoms with Gasteiger partial charge in [0, 0.05) is 0 Å². The summed E-state index contributed by atoms with van der Waals surface area (Å²) in [5, 5.41) is 24.3. The third kappa shape index (κ3) is 2.74. The summed E-state index contributed by atoms with van der Waals surface area (Å²) in [6.07, 6.45) is 5.47. The summed E-state index contributed by atoms with van der Waals surface area (Å²) in [7, 11) is 0. The van der Waals surface area contributed by atoms with Crippen molar-refractivity contribution < 1.29 is 5.21 Å². The zero-order valence-electron chi connectivity index (χ0n) is 10.4. The molecule has 18 heavy (non-hydrogen) atoms. The van der Waals surface area contributed by atoms with E-state index in [1.807, 2.05) is 11.6 Å². The van der Waals surface area contributed by atoms with Gasteiger partial charge in [-0.2, -0.15) is 0 Å². The Bertz CT molecular complexity index is 414. The van der Waals surface area contributed by atoms with E-state index < -0.39 is 0 Å². The van der Waals surface area contributed by atoms with E-state index >= 15 is 0 Å². The van der Waals surface area contributed by atoms with Crippen LogP contribution in [0.25, 0.3) is 0 Å². The Kier molecular flexibility index (Phi) is 4.40. The van der Waals surface area contributed by atoms with E-state index in [4.69, 9.17) is 10.9 Å². The van der Waals surface area contributed by atoms with Crippen molar-refractivity contribution in [2.24, 2.45) is 10.9 Å².